The number of fused-ring (bicyclic) bond motifs is 4. The van der Waals surface area contributed by atoms with Gasteiger partial charge in [0.15, 0.2) is 0 Å². The molecular weight excluding hydrogens is 544 g/mol. The fraction of sp³-hybridized carbons (Fsp3) is 0.140. The molecule has 2 heteroatoms. The van der Waals surface area contributed by atoms with Gasteiger partial charge in [-0.25, -0.2) is 0 Å². The van der Waals surface area contributed by atoms with Crippen LogP contribution in [0.25, 0.3) is 34.5 Å². The lowest BCUT2D eigenvalue weighted by Crippen LogP contribution is -2.25. The SMILES string of the molecule is C=c1cccc/c1=C(/N=C(C)c1ccc(-c2ccc3c(c2)C(C)Nc2ccccc2Cc2ccccc2-3)cc1)C1=CCCC=C1. The monoisotopic (exact) mass is 582 g/mol. The van der Waals surface area contributed by atoms with Gasteiger partial charge in [-0.15, -0.1) is 0 Å². The standard InChI is InChI=1S/C43H38N2/c1-29-13-7-10-18-38(29)43(34-14-5-4-6-15-34)45-30(2)32-21-23-33(24-22-32)35-25-26-40-39-19-11-8-16-36(39)27-37-17-9-12-20-42(37)44-31(3)41(40)28-35/h5,7-26,28,31,44H,1,4,6,27H2,2-3H3/b43-38-,45-30?. The average Bonchev–Trinajstić information content (AvgIpc) is 3.13. The van der Waals surface area contributed by atoms with Crippen LogP contribution in [0.3, 0.4) is 0 Å². The van der Waals surface area contributed by atoms with E-state index in [1.807, 2.05) is 6.07 Å². The summed E-state index contributed by atoms with van der Waals surface area (Å²) in [7, 11) is 0. The van der Waals surface area contributed by atoms with Gasteiger partial charge in [-0.3, -0.25) is 4.99 Å². The Balaban J connectivity index is 1.26. The maximum absolute atomic E-state index is 5.20. The van der Waals surface area contributed by atoms with Gasteiger partial charge in [0.1, 0.15) is 0 Å². The minimum absolute atomic E-state index is 0.147. The minimum Gasteiger partial charge on any atom is -0.378 e. The number of aliphatic imine (C=N–C) groups is 1. The average molecular weight is 583 g/mol. The zero-order valence-electron chi connectivity index (χ0n) is 26.1. The molecule has 220 valence electrons. The summed E-state index contributed by atoms with van der Waals surface area (Å²) >= 11 is 0. The number of hydrogen-bond donors (Lipinski definition) is 1. The van der Waals surface area contributed by atoms with Crippen molar-refractivity contribution < 1.29 is 0 Å². The van der Waals surface area contributed by atoms with Crippen molar-refractivity contribution in [1.29, 1.82) is 0 Å². The number of benzene rings is 5. The molecule has 1 atom stereocenters. The molecule has 0 spiro atoms. The van der Waals surface area contributed by atoms with Gasteiger partial charge in [0.25, 0.3) is 0 Å². The summed E-state index contributed by atoms with van der Waals surface area (Å²) in [6.45, 7) is 8.66. The molecule has 1 N–H and O–H groups in total. The van der Waals surface area contributed by atoms with Gasteiger partial charge in [-0.2, -0.15) is 0 Å². The van der Waals surface area contributed by atoms with E-state index in [1.54, 1.807) is 0 Å². The van der Waals surface area contributed by atoms with E-state index in [-0.39, 0.29) is 6.04 Å². The van der Waals surface area contributed by atoms with Crippen LogP contribution >= 0.6 is 0 Å². The van der Waals surface area contributed by atoms with Crippen LogP contribution in [-0.4, -0.2) is 5.71 Å². The third-order valence-corrected chi connectivity index (χ3v) is 9.05. The van der Waals surface area contributed by atoms with Gasteiger partial charge in [0, 0.05) is 29.1 Å². The van der Waals surface area contributed by atoms with Crippen LogP contribution in [0.4, 0.5) is 5.69 Å². The first-order valence-corrected chi connectivity index (χ1v) is 15.9. The zero-order chi connectivity index (χ0) is 30.8. The van der Waals surface area contributed by atoms with E-state index in [0.29, 0.717) is 0 Å². The predicted octanol–water partition coefficient (Wildman–Crippen LogP) is 9.40. The van der Waals surface area contributed by atoms with Crippen molar-refractivity contribution in [3.63, 3.8) is 0 Å². The molecule has 1 unspecified atom stereocenters. The van der Waals surface area contributed by atoms with Crippen LogP contribution in [0.15, 0.2) is 144 Å². The van der Waals surface area contributed by atoms with Gasteiger partial charge in [0.05, 0.1) is 5.70 Å². The van der Waals surface area contributed by atoms with Crippen LogP contribution in [0.5, 0.6) is 0 Å². The summed E-state index contributed by atoms with van der Waals surface area (Å²) < 4.78 is 0. The van der Waals surface area contributed by atoms with Gasteiger partial charge in [0.2, 0.25) is 0 Å². The number of rotatable bonds is 4. The Hall–Kier alpha value is -5.21. The molecule has 0 amide bonds. The van der Waals surface area contributed by atoms with Crippen LogP contribution in [0.2, 0.25) is 0 Å². The van der Waals surface area contributed by atoms with Crippen molar-refractivity contribution in [3.05, 3.63) is 172 Å². The molecular formula is C43H38N2. The molecule has 5 aromatic rings. The van der Waals surface area contributed by atoms with Gasteiger partial charge in [-0.1, -0.05) is 128 Å². The molecule has 45 heavy (non-hydrogen) atoms. The summed E-state index contributed by atoms with van der Waals surface area (Å²) in [5, 5.41) is 5.89. The maximum Gasteiger partial charge on any atom is 0.0780 e. The summed E-state index contributed by atoms with van der Waals surface area (Å²) in [6.07, 6.45) is 9.73. The molecule has 7 rings (SSSR count). The molecule has 5 aromatic carbocycles. The first-order chi connectivity index (χ1) is 22.0. The van der Waals surface area contributed by atoms with Crippen molar-refractivity contribution >= 4 is 23.7 Å². The molecule has 0 fully saturated rings. The lowest BCUT2D eigenvalue weighted by Gasteiger charge is -2.21. The second-order valence-electron chi connectivity index (χ2n) is 12.1. The summed E-state index contributed by atoms with van der Waals surface area (Å²) in [5.41, 5.74) is 14.4. The van der Waals surface area contributed by atoms with Crippen molar-refractivity contribution in [1.82, 2.24) is 0 Å². The first-order valence-electron chi connectivity index (χ1n) is 15.9. The van der Waals surface area contributed by atoms with Crippen molar-refractivity contribution in [2.24, 2.45) is 4.99 Å². The van der Waals surface area contributed by atoms with Crippen LogP contribution in [0, 0.1) is 0 Å². The van der Waals surface area contributed by atoms with Crippen molar-refractivity contribution in [2.45, 2.75) is 39.2 Å². The highest BCUT2D eigenvalue weighted by atomic mass is 14.9. The third kappa shape index (κ3) is 5.84. The van der Waals surface area contributed by atoms with Crippen molar-refractivity contribution in [2.75, 3.05) is 5.32 Å². The lowest BCUT2D eigenvalue weighted by atomic mass is 9.89. The topological polar surface area (TPSA) is 24.4 Å². The Labute approximate surface area is 266 Å². The maximum atomic E-state index is 5.20. The highest BCUT2D eigenvalue weighted by Crippen LogP contribution is 2.38. The Morgan fingerprint density at radius 1 is 0.756 bits per heavy atom. The highest BCUT2D eigenvalue weighted by molar-refractivity contribution is 6.02. The van der Waals surface area contributed by atoms with E-state index in [1.165, 1.54) is 44.6 Å². The summed E-state index contributed by atoms with van der Waals surface area (Å²) in [5.74, 6) is 0. The van der Waals surface area contributed by atoms with E-state index in [4.69, 9.17) is 4.99 Å². The Morgan fingerprint density at radius 2 is 1.49 bits per heavy atom. The van der Waals surface area contributed by atoms with Gasteiger partial charge in [-0.05, 0) is 94.1 Å². The molecule has 2 aliphatic rings. The largest absolute Gasteiger partial charge is 0.378 e. The van der Waals surface area contributed by atoms with E-state index >= 15 is 0 Å². The number of nitrogens with zero attached hydrogens (tertiary/aromatic N) is 1. The Kier molecular flexibility index (Phi) is 7.88. The molecule has 0 bridgehead atoms. The molecule has 0 radical (unpaired) electrons. The zero-order valence-corrected chi connectivity index (χ0v) is 26.1. The number of anilines is 1. The smallest absolute Gasteiger partial charge is 0.0780 e. The lowest BCUT2D eigenvalue weighted by molar-refractivity contribution is 0.886. The van der Waals surface area contributed by atoms with Gasteiger partial charge >= 0.3 is 0 Å². The summed E-state index contributed by atoms with van der Waals surface area (Å²) in [6, 6.07) is 41.7. The predicted molar refractivity (Wildman–Crippen MR) is 192 cm³/mol. The number of para-hydroxylation sites is 1. The summed E-state index contributed by atoms with van der Waals surface area (Å²) in [4.78, 5) is 5.20. The fourth-order valence-corrected chi connectivity index (χ4v) is 6.57. The molecule has 2 nitrogen and oxygen atoms in total. The van der Waals surface area contributed by atoms with Crippen LogP contribution < -0.4 is 15.8 Å². The fourth-order valence-electron chi connectivity index (χ4n) is 6.57. The van der Waals surface area contributed by atoms with Crippen molar-refractivity contribution in [3.8, 4) is 22.3 Å². The first kappa shape index (κ1) is 28.6. The Morgan fingerprint density at radius 3 is 2.29 bits per heavy atom. The van der Waals surface area contributed by atoms with Crippen LogP contribution in [-0.2, 0) is 6.42 Å². The van der Waals surface area contributed by atoms with E-state index in [0.717, 1.165) is 52.2 Å². The molecule has 0 aromatic heterocycles. The second kappa shape index (κ2) is 12.4. The molecule has 1 heterocycles. The number of hydrogen-bond acceptors (Lipinski definition) is 2. The number of allylic oxidation sites excluding steroid dienone is 2. The quantitative estimate of drug-likeness (QED) is 0.210. The molecule has 0 saturated heterocycles. The highest BCUT2D eigenvalue weighted by Gasteiger charge is 2.20. The normalized spacial score (nSPS) is 16.5. The second-order valence-corrected chi connectivity index (χ2v) is 12.1. The van der Waals surface area contributed by atoms with Crippen LogP contribution in [0.1, 0.15) is 55.0 Å². The molecule has 0 saturated carbocycles. The molecule has 1 aliphatic heterocycles. The van der Waals surface area contributed by atoms with E-state index in [9.17, 15) is 0 Å². The van der Waals surface area contributed by atoms with E-state index in [2.05, 4.69) is 153 Å². The minimum atomic E-state index is 0.147. The van der Waals surface area contributed by atoms with E-state index < -0.39 is 0 Å². The Bertz CT molecular complexity index is 2090. The third-order valence-electron chi connectivity index (χ3n) is 9.05. The number of nitrogens with one attached hydrogen (secondary N) is 1. The molecule has 1 aliphatic carbocycles. The van der Waals surface area contributed by atoms with Gasteiger partial charge < -0.3 is 5.32 Å².